The largest absolute Gasteiger partial charge is 0.335 e. The minimum atomic E-state index is -0.188. The Hall–Kier alpha value is -1.62. The number of carbonyl (C=O) groups excluding carboxylic acids is 1. The van der Waals surface area contributed by atoms with Crippen molar-refractivity contribution in [1.29, 1.82) is 0 Å². The molecule has 1 saturated carbocycles. The van der Waals surface area contributed by atoms with Crippen LogP contribution in [0, 0.1) is 5.82 Å². The van der Waals surface area contributed by atoms with Crippen molar-refractivity contribution in [3.63, 3.8) is 0 Å². The van der Waals surface area contributed by atoms with Gasteiger partial charge < -0.3 is 10.2 Å². The summed E-state index contributed by atoms with van der Waals surface area (Å²) in [5.41, 5.74) is 1.14. The Morgan fingerprint density at radius 1 is 1.12 bits per heavy atom. The second-order valence-corrected chi connectivity index (χ2v) is 7.53. The number of amides is 2. The maximum Gasteiger partial charge on any atom is 0.317 e. The lowest BCUT2D eigenvalue weighted by Gasteiger charge is -2.35. The zero-order valence-electron chi connectivity index (χ0n) is 15.2. The van der Waals surface area contributed by atoms with E-state index in [1.165, 1.54) is 31.4 Å². The Labute approximate surface area is 150 Å². The third-order valence-electron chi connectivity index (χ3n) is 5.68. The summed E-state index contributed by atoms with van der Waals surface area (Å²) in [5.74, 6) is -0.188. The minimum Gasteiger partial charge on any atom is -0.335 e. The summed E-state index contributed by atoms with van der Waals surface area (Å²) in [6, 6.07) is 7.50. The Morgan fingerprint density at radius 2 is 1.76 bits per heavy atom. The van der Waals surface area contributed by atoms with Crippen LogP contribution in [-0.4, -0.2) is 48.1 Å². The molecule has 0 unspecified atom stereocenters. The molecule has 1 aliphatic heterocycles. The number of halogens is 1. The predicted octanol–water partition coefficient (Wildman–Crippen LogP) is 3.76. The van der Waals surface area contributed by atoms with Crippen LogP contribution >= 0.6 is 0 Å². The van der Waals surface area contributed by atoms with Crippen LogP contribution in [0.3, 0.4) is 0 Å². The molecule has 0 aromatic heterocycles. The summed E-state index contributed by atoms with van der Waals surface area (Å²) >= 11 is 0. The molecule has 2 fully saturated rings. The number of hydrogen-bond acceptors (Lipinski definition) is 2. The van der Waals surface area contributed by atoms with Gasteiger partial charge in [0.15, 0.2) is 0 Å². The van der Waals surface area contributed by atoms with Crippen LogP contribution < -0.4 is 5.32 Å². The van der Waals surface area contributed by atoms with Gasteiger partial charge in [0.2, 0.25) is 0 Å². The topological polar surface area (TPSA) is 35.6 Å². The summed E-state index contributed by atoms with van der Waals surface area (Å²) in [5, 5.41) is 3.22. The second-order valence-electron chi connectivity index (χ2n) is 7.53. The molecule has 1 heterocycles. The molecule has 5 heteroatoms. The van der Waals surface area contributed by atoms with Gasteiger partial charge in [-0.05, 0) is 43.4 Å². The number of carbonyl (C=O) groups is 1. The highest BCUT2D eigenvalue weighted by atomic mass is 19.1. The number of piperidine rings is 1. The van der Waals surface area contributed by atoms with E-state index >= 15 is 0 Å². The van der Waals surface area contributed by atoms with Gasteiger partial charge in [-0.3, -0.25) is 4.90 Å². The average molecular weight is 347 g/mol. The number of urea groups is 1. The molecule has 138 valence electrons. The van der Waals surface area contributed by atoms with Crippen molar-refractivity contribution in [2.24, 2.45) is 0 Å². The van der Waals surface area contributed by atoms with Crippen LogP contribution in [0.5, 0.6) is 0 Å². The zero-order valence-corrected chi connectivity index (χ0v) is 15.2. The summed E-state index contributed by atoms with van der Waals surface area (Å²) in [4.78, 5) is 16.8. The molecule has 1 N–H and O–H groups in total. The lowest BCUT2D eigenvalue weighted by molar-refractivity contribution is 0.155. The fraction of sp³-hybridized carbons (Fsp3) is 0.650. The molecule has 2 aliphatic rings. The Balaban J connectivity index is 1.41. The Kier molecular flexibility index (Phi) is 6.29. The summed E-state index contributed by atoms with van der Waals surface area (Å²) in [6.45, 7) is 2.79. The van der Waals surface area contributed by atoms with Crippen molar-refractivity contribution in [3.8, 4) is 0 Å². The van der Waals surface area contributed by atoms with Gasteiger partial charge in [-0.1, -0.05) is 31.4 Å². The van der Waals surface area contributed by atoms with Crippen molar-refractivity contribution in [2.75, 3.05) is 20.1 Å². The van der Waals surface area contributed by atoms with E-state index in [1.54, 1.807) is 0 Å². The van der Waals surface area contributed by atoms with E-state index in [9.17, 15) is 9.18 Å². The molecule has 4 nitrogen and oxygen atoms in total. The molecule has 0 spiro atoms. The molecule has 0 bridgehead atoms. The standard InChI is InChI=1S/C20H30FN3O/c1-23(19-5-3-2-4-6-19)20(25)22-18-11-13-24(14-12-18)15-16-7-9-17(21)10-8-16/h7-10,18-19H,2-6,11-15H2,1H3,(H,22,25). The third-order valence-corrected chi connectivity index (χ3v) is 5.68. The maximum atomic E-state index is 13.0. The lowest BCUT2D eigenvalue weighted by Crippen LogP contribution is -2.50. The molecule has 2 amide bonds. The Bertz CT molecular complexity index is 549. The van der Waals surface area contributed by atoms with Crippen molar-refractivity contribution in [2.45, 2.75) is 63.6 Å². The van der Waals surface area contributed by atoms with E-state index in [4.69, 9.17) is 0 Å². The molecule has 3 rings (SSSR count). The molecule has 1 aliphatic carbocycles. The van der Waals surface area contributed by atoms with E-state index in [0.29, 0.717) is 6.04 Å². The molecular formula is C20H30FN3O. The van der Waals surface area contributed by atoms with E-state index in [-0.39, 0.29) is 17.9 Å². The fourth-order valence-electron chi connectivity index (χ4n) is 3.99. The number of nitrogens with zero attached hydrogens (tertiary/aromatic N) is 2. The van der Waals surface area contributed by atoms with Gasteiger partial charge in [0.25, 0.3) is 0 Å². The highest BCUT2D eigenvalue weighted by molar-refractivity contribution is 5.74. The van der Waals surface area contributed by atoms with Gasteiger partial charge in [-0.2, -0.15) is 0 Å². The molecule has 1 saturated heterocycles. The first-order chi connectivity index (χ1) is 12.1. The quantitative estimate of drug-likeness (QED) is 0.900. The lowest BCUT2D eigenvalue weighted by atomic mass is 9.94. The van der Waals surface area contributed by atoms with E-state index in [0.717, 1.165) is 50.9 Å². The predicted molar refractivity (Wildman–Crippen MR) is 97.9 cm³/mol. The molecule has 1 aromatic rings. The van der Waals surface area contributed by atoms with Crippen molar-refractivity contribution in [3.05, 3.63) is 35.6 Å². The van der Waals surface area contributed by atoms with E-state index in [2.05, 4.69) is 10.2 Å². The van der Waals surface area contributed by atoms with Crippen molar-refractivity contribution < 1.29 is 9.18 Å². The second kappa shape index (κ2) is 8.65. The van der Waals surface area contributed by atoms with Gasteiger partial charge in [0, 0.05) is 38.8 Å². The van der Waals surface area contributed by atoms with Crippen LogP contribution in [0.4, 0.5) is 9.18 Å². The molecule has 0 atom stereocenters. The average Bonchev–Trinajstić information content (AvgIpc) is 2.65. The molecular weight excluding hydrogens is 317 g/mol. The minimum absolute atomic E-state index is 0.0869. The van der Waals surface area contributed by atoms with E-state index in [1.807, 2.05) is 24.1 Å². The van der Waals surface area contributed by atoms with Crippen molar-refractivity contribution >= 4 is 6.03 Å². The number of likely N-dealkylation sites (tertiary alicyclic amines) is 1. The molecule has 0 radical (unpaired) electrons. The summed E-state index contributed by atoms with van der Waals surface area (Å²) < 4.78 is 13.0. The van der Waals surface area contributed by atoms with Crippen LogP contribution in [-0.2, 0) is 6.54 Å². The van der Waals surface area contributed by atoms with Crippen LogP contribution in [0.25, 0.3) is 0 Å². The van der Waals surface area contributed by atoms with Gasteiger partial charge in [-0.25, -0.2) is 9.18 Å². The first-order valence-corrected chi connectivity index (χ1v) is 9.62. The first kappa shape index (κ1) is 18.2. The Morgan fingerprint density at radius 3 is 2.40 bits per heavy atom. The fourth-order valence-corrected chi connectivity index (χ4v) is 3.99. The zero-order chi connectivity index (χ0) is 17.6. The summed E-state index contributed by atoms with van der Waals surface area (Å²) in [7, 11) is 1.94. The van der Waals surface area contributed by atoms with Crippen molar-refractivity contribution in [1.82, 2.24) is 15.1 Å². The number of hydrogen-bond donors (Lipinski definition) is 1. The normalized spacial score (nSPS) is 20.4. The first-order valence-electron chi connectivity index (χ1n) is 9.62. The highest BCUT2D eigenvalue weighted by Gasteiger charge is 2.25. The SMILES string of the molecule is CN(C(=O)NC1CCN(Cc2ccc(F)cc2)CC1)C1CCCCC1. The van der Waals surface area contributed by atoms with Crippen LogP contribution in [0.2, 0.25) is 0 Å². The van der Waals surface area contributed by atoms with Crippen LogP contribution in [0.15, 0.2) is 24.3 Å². The van der Waals surface area contributed by atoms with Gasteiger partial charge in [0.05, 0.1) is 0 Å². The van der Waals surface area contributed by atoms with Gasteiger partial charge in [-0.15, -0.1) is 0 Å². The number of rotatable bonds is 4. The van der Waals surface area contributed by atoms with Gasteiger partial charge in [0.1, 0.15) is 5.82 Å². The monoisotopic (exact) mass is 347 g/mol. The number of nitrogens with one attached hydrogen (secondary N) is 1. The third kappa shape index (κ3) is 5.18. The molecule has 1 aromatic carbocycles. The molecule has 25 heavy (non-hydrogen) atoms. The van der Waals surface area contributed by atoms with E-state index < -0.39 is 0 Å². The van der Waals surface area contributed by atoms with Gasteiger partial charge >= 0.3 is 6.03 Å². The summed E-state index contributed by atoms with van der Waals surface area (Å²) in [6.07, 6.45) is 8.02. The smallest absolute Gasteiger partial charge is 0.317 e. The van der Waals surface area contributed by atoms with Crippen LogP contribution in [0.1, 0.15) is 50.5 Å². The maximum absolute atomic E-state index is 13.0. The highest BCUT2D eigenvalue weighted by Crippen LogP contribution is 2.22. The number of benzene rings is 1.